The van der Waals surface area contributed by atoms with E-state index in [9.17, 15) is 0 Å². The fourth-order valence-corrected chi connectivity index (χ4v) is 2.19. The molecule has 0 saturated heterocycles. The van der Waals surface area contributed by atoms with Crippen molar-refractivity contribution in [3.63, 3.8) is 0 Å². The molecule has 19 heavy (non-hydrogen) atoms. The molecular weight excluding hydrogens is 230 g/mol. The molecule has 1 heteroatoms. The minimum atomic E-state index is 0.491. The first-order chi connectivity index (χ1) is 9.17. The van der Waals surface area contributed by atoms with E-state index in [-0.39, 0.29) is 0 Å². The summed E-state index contributed by atoms with van der Waals surface area (Å²) in [5, 5.41) is 3.62. The van der Waals surface area contributed by atoms with E-state index >= 15 is 0 Å². The highest BCUT2D eigenvalue weighted by Crippen LogP contribution is 2.14. The van der Waals surface area contributed by atoms with Gasteiger partial charge >= 0.3 is 0 Å². The summed E-state index contributed by atoms with van der Waals surface area (Å²) in [5.74, 6) is 0. The maximum Gasteiger partial charge on any atom is 0.0342 e. The van der Waals surface area contributed by atoms with Gasteiger partial charge in [-0.1, -0.05) is 54.4 Å². The van der Waals surface area contributed by atoms with Crippen molar-refractivity contribution in [3.05, 3.63) is 65.2 Å². The fraction of sp³-hybridized carbons (Fsp3) is 0.333. The van der Waals surface area contributed by atoms with Crippen LogP contribution in [0.25, 0.3) is 0 Å². The number of rotatable bonds is 5. The molecule has 0 spiro atoms. The molecule has 2 aromatic rings. The van der Waals surface area contributed by atoms with Crippen LogP contribution in [-0.2, 0) is 6.42 Å². The van der Waals surface area contributed by atoms with E-state index in [1.165, 1.54) is 22.4 Å². The molecule has 0 bridgehead atoms. The van der Waals surface area contributed by atoms with Crippen LogP contribution in [0.5, 0.6) is 0 Å². The first-order valence-electron chi connectivity index (χ1n) is 7.06. The molecule has 2 aromatic carbocycles. The first kappa shape index (κ1) is 13.7. The van der Waals surface area contributed by atoms with Crippen LogP contribution in [0, 0.1) is 13.8 Å². The Hall–Kier alpha value is -1.76. The predicted molar refractivity (Wildman–Crippen MR) is 83.8 cm³/mol. The average Bonchev–Trinajstić information content (AvgIpc) is 2.43. The summed E-state index contributed by atoms with van der Waals surface area (Å²) >= 11 is 0. The quantitative estimate of drug-likeness (QED) is 0.811. The van der Waals surface area contributed by atoms with Gasteiger partial charge < -0.3 is 5.32 Å². The van der Waals surface area contributed by atoms with Crippen LogP contribution in [-0.4, -0.2) is 6.04 Å². The molecular formula is C18H23N. The van der Waals surface area contributed by atoms with Gasteiger partial charge in [0.05, 0.1) is 0 Å². The lowest BCUT2D eigenvalue weighted by Crippen LogP contribution is -2.21. The zero-order valence-electron chi connectivity index (χ0n) is 12.1. The number of anilines is 1. The van der Waals surface area contributed by atoms with Crippen LogP contribution in [0.3, 0.4) is 0 Å². The lowest BCUT2D eigenvalue weighted by Gasteiger charge is -2.18. The highest BCUT2D eigenvalue weighted by atomic mass is 14.9. The normalized spacial score (nSPS) is 12.2. The standard InChI is InChI=1S/C18H23N/c1-4-17(13-16-9-5-14(2)6-10-16)19-18-11-7-15(3)8-12-18/h5-12,17,19H,4,13H2,1-3H3. The van der Waals surface area contributed by atoms with Gasteiger partial charge in [0.2, 0.25) is 0 Å². The van der Waals surface area contributed by atoms with E-state index in [1.807, 2.05) is 0 Å². The first-order valence-corrected chi connectivity index (χ1v) is 7.06. The van der Waals surface area contributed by atoms with Crippen molar-refractivity contribution in [2.75, 3.05) is 5.32 Å². The Labute approximate surface area is 116 Å². The molecule has 0 aromatic heterocycles. The van der Waals surface area contributed by atoms with Crippen molar-refractivity contribution in [3.8, 4) is 0 Å². The van der Waals surface area contributed by atoms with Gasteiger partial charge in [-0.2, -0.15) is 0 Å². The highest BCUT2D eigenvalue weighted by molar-refractivity contribution is 5.45. The van der Waals surface area contributed by atoms with Crippen molar-refractivity contribution in [1.29, 1.82) is 0 Å². The van der Waals surface area contributed by atoms with Gasteiger partial charge in [-0.3, -0.25) is 0 Å². The molecule has 1 nitrogen and oxygen atoms in total. The average molecular weight is 253 g/mol. The summed E-state index contributed by atoms with van der Waals surface area (Å²) in [5.41, 5.74) is 5.24. The number of hydrogen-bond donors (Lipinski definition) is 1. The van der Waals surface area contributed by atoms with Crippen molar-refractivity contribution >= 4 is 5.69 Å². The Morgan fingerprint density at radius 3 is 1.89 bits per heavy atom. The Morgan fingerprint density at radius 2 is 1.37 bits per heavy atom. The van der Waals surface area contributed by atoms with Crippen LogP contribution < -0.4 is 5.32 Å². The van der Waals surface area contributed by atoms with Crippen LogP contribution in [0.2, 0.25) is 0 Å². The summed E-state index contributed by atoms with van der Waals surface area (Å²) in [7, 11) is 0. The predicted octanol–water partition coefficient (Wildman–Crippen LogP) is 4.74. The lowest BCUT2D eigenvalue weighted by molar-refractivity contribution is 0.690. The molecule has 1 unspecified atom stereocenters. The second kappa shape index (κ2) is 6.42. The number of aryl methyl sites for hydroxylation is 2. The third-order valence-corrected chi connectivity index (χ3v) is 3.52. The van der Waals surface area contributed by atoms with Crippen molar-refractivity contribution in [2.45, 2.75) is 39.7 Å². The van der Waals surface area contributed by atoms with E-state index in [0.717, 1.165) is 12.8 Å². The minimum Gasteiger partial charge on any atom is -0.382 e. The largest absolute Gasteiger partial charge is 0.382 e. The summed E-state index contributed by atoms with van der Waals surface area (Å²) in [6.45, 7) is 6.49. The molecule has 1 atom stereocenters. The van der Waals surface area contributed by atoms with Gasteiger partial charge in [0.25, 0.3) is 0 Å². The third-order valence-electron chi connectivity index (χ3n) is 3.52. The smallest absolute Gasteiger partial charge is 0.0342 e. The molecule has 0 amide bonds. The zero-order valence-corrected chi connectivity index (χ0v) is 12.1. The van der Waals surface area contributed by atoms with Gasteiger partial charge in [0, 0.05) is 11.7 Å². The number of hydrogen-bond acceptors (Lipinski definition) is 1. The van der Waals surface area contributed by atoms with Crippen LogP contribution in [0.15, 0.2) is 48.5 Å². The van der Waals surface area contributed by atoms with Gasteiger partial charge in [0.15, 0.2) is 0 Å². The molecule has 0 radical (unpaired) electrons. The summed E-state index contributed by atoms with van der Waals surface area (Å²) in [6.07, 6.45) is 2.20. The van der Waals surface area contributed by atoms with E-state index in [0.29, 0.717) is 6.04 Å². The Kier molecular flexibility index (Phi) is 4.62. The number of benzene rings is 2. The van der Waals surface area contributed by atoms with Crippen molar-refractivity contribution in [2.24, 2.45) is 0 Å². The topological polar surface area (TPSA) is 12.0 Å². The highest BCUT2D eigenvalue weighted by Gasteiger charge is 2.07. The van der Waals surface area contributed by atoms with E-state index < -0.39 is 0 Å². The van der Waals surface area contributed by atoms with Crippen LogP contribution >= 0.6 is 0 Å². The van der Waals surface area contributed by atoms with Crippen molar-refractivity contribution in [1.82, 2.24) is 0 Å². The van der Waals surface area contributed by atoms with E-state index in [1.54, 1.807) is 0 Å². The van der Waals surface area contributed by atoms with E-state index in [2.05, 4.69) is 74.6 Å². The lowest BCUT2D eigenvalue weighted by atomic mass is 10.0. The van der Waals surface area contributed by atoms with Crippen LogP contribution in [0.1, 0.15) is 30.0 Å². The monoisotopic (exact) mass is 253 g/mol. The molecule has 0 heterocycles. The molecule has 0 saturated carbocycles. The summed E-state index contributed by atoms with van der Waals surface area (Å²) < 4.78 is 0. The number of nitrogens with one attached hydrogen (secondary N) is 1. The maximum absolute atomic E-state index is 3.62. The SMILES string of the molecule is CCC(Cc1ccc(C)cc1)Nc1ccc(C)cc1. The Balaban J connectivity index is 2.00. The second-order valence-corrected chi connectivity index (χ2v) is 5.31. The van der Waals surface area contributed by atoms with Gasteiger partial charge in [-0.05, 0) is 44.4 Å². The molecule has 100 valence electrons. The Morgan fingerprint density at radius 1 is 0.842 bits per heavy atom. The van der Waals surface area contributed by atoms with Crippen LogP contribution in [0.4, 0.5) is 5.69 Å². The molecule has 0 fully saturated rings. The molecule has 0 aliphatic rings. The third kappa shape index (κ3) is 4.13. The second-order valence-electron chi connectivity index (χ2n) is 5.31. The molecule has 0 aliphatic carbocycles. The van der Waals surface area contributed by atoms with Gasteiger partial charge in [-0.25, -0.2) is 0 Å². The Bertz CT molecular complexity index is 449. The maximum atomic E-state index is 3.62. The fourth-order valence-electron chi connectivity index (χ4n) is 2.19. The molecule has 1 N–H and O–H groups in total. The molecule has 0 aliphatic heterocycles. The van der Waals surface area contributed by atoms with Gasteiger partial charge in [0.1, 0.15) is 0 Å². The molecule has 2 rings (SSSR count). The summed E-state index contributed by atoms with van der Waals surface area (Å²) in [4.78, 5) is 0. The minimum absolute atomic E-state index is 0.491. The van der Waals surface area contributed by atoms with Crippen molar-refractivity contribution < 1.29 is 0 Å². The van der Waals surface area contributed by atoms with E-state index in [4.69, 9.17) is 0 Å². The zero-order chi connectivity index (χ0) is 13.7. The van der Waals surface area contributed by atoms with Gasteiger partial charge in [-0.15, -0.1) is 0 Å². The summed E-state index contributed by atoms with van der Waals surface area (Å²) in [6, 6.07) is 18.0.